The van der Waals surface area contributed by atoms with Crippen molar-refractivity contribution in [2.45, 2.75) is 32.9 Å². The van der Waals surface area contributed by atoms with E-state index >= 15 is 0 Å². The van der Waals surface area contributed by atoms with E-state index in [9.17, 15) is 4.79 Å². The van der Waals surface area contributed by atoms with Crippen LogP contribution in [0.2, 0.25) is 0 Å². The topological polar surface area (TPSA) is 53.8 Å². The van der Waals surface area contributed by atoms with Crippen LogP contribution in [0.15, 0.2) is 48.5 Å². The number of hydrogen-bond acceptors (Lipinski definition) is 5. The third-order valence-electron chi connectivity index (χ3n) is 7.36. The Bertz CT molecular complexity index is 1130. The summed E-state index contributed by atoms with van der Waals surface area (Å²) < 4.78 is 7.67. The van der Waals surface area contributed by atoms with Gasteiger partial charge in [-0.25, -0.2) is 4.98 Å². The van der Waals surface area contributed by atoms with Crippen molar-refractivity contribution in [3.05, 3.63) is 54.4 Å². The molecule has 2 aromatic carbocycles. The summed E-state index contributed by atoms with van der Waals surface area (Å²) in [5, 5.41) is 0. The highest BCUT2D eigenvalue weighted by Crippen LogP contribution is 2.25. The van der Waals surface area contributed by atoms with Crippen LogP contribution in [-0.4, -0.2) is 71.6 Å². The Morgan fingerprint density at radius 2 is 1.76 bits per heavy atom. The van der Waals surface area contributed by atoms with Crippen molar-refractivity contribution in [3.63, 3.8) is 0 Å². The number of likely N-dealkylation sites (tertiary alicyclic amines) is 1. The molecule has 2 fully saturated rings. The molecule has 5 rings (SSSR count). The quantitative estimate of drug-likeness (QED) is 0.561. The fraction of sp³-hybridized carbons (Fsp3) is 0.481. The highest BCUT2D eigenvalue weighted by molar-refractivity contribution is 5.79. The molecule has 3 aromatic rings. The maximum absolute atomic E-state index is 13.2. The predicted molar refractivity (Wildman–Crippen MR) is 135 cm³/mol. The van der Waals surface area contributed by atoms with E-state index in [1.165, 1.54) is 5.52 Å². The molecule has 3 heterocycles. The van der Waals surface area contributed by atoms with E-state index in [-0.39, 0.29) is 5.92 Å². The molecule has 34 heavy (non-hydrogen) atoms. The average molecular weight is 462 g/mol. The number of hydrogen-bond donors (Lipinski definition) is 0. The van der Waals surface area contributed by atoms with Crippen molar-refractivity contribution in [1.29, 1.82) is 0 Å². The van der Waals surface area contributed by atoms with Gasteiger partial charge in [0.15, 0.2) is 0 Å². The van der Waals surface area contributed by atoms with E-state index in [0.29, 0.717) is 5.91 Å². The van der Waals surface area contributed by atoms with Gasteiger partial charge in [-0.15, -0.1) is 0 Å². The van der Waals surface area contributed by atoms with Gasteiger partial charge in [0.05, 0.1) is 24.7 Å². The summed E-state index contributed by atoms with van der Waals surface area (Å²) in [4.78, 5) is 25.0. The normalized spacial score (nSPS) is 17.9. The minimum atomic E-state index is 0.143. The molecular formula is C27H35N5O2. The zero-order valence-electron chi connectivity index (χ0n) is 20.3. The van der Waals surface area contributed by atoms with Crippen LogP contribution in [0, 0.1) is 5.92 Å². The third kappa shape index (κ3) is 4.62. The SMILES string of the molecule is CCn1c(CN2CCC(C(=O)N3CCN(c4cccc(OC)c4)CC3)CC2)nc2ccccc21. The van der Waals surface area contributed by atoms with Crippen LogP contribution in [-0.2, 0) is 17.9 Å². The Morgan fingerprint density at radius 1 is 1.00 bits per heavy atom. The molecule has 0 bridgehead atoms. The van der Waals surface area contributed by atoms with Crippen molar-refractivity contribution < 1.29 is 9.53 Å². The van der Waals surface area contributed by atoms with Crippen LogP contribution in [0.25, 0.3) is 11.0 Å². The van der Waals surface area contributed by atoms with Crippen LogP contribution in [0.3, 0.4) is 0 Å². The van der Waals surface area contributed by atoms with Crippen LogP contribution in [0.1, 0.15) is 25.6 Å². The van der Waals surface area contributed by atoms with Gasteiger partial charge in [0.1, 0.15) is 11.6 Å². The zero-order valence-corrected chi connectivity index (χ0v) is 20.3. The Hall–Kier alpha value is -3.06. The van der Waals surface area contributed by atoms with Crippen molar-refractivity contribution in [3.8, 4) is 5.75 Å². The predicted octanol–water partition coefficient (Wildman–Crippen LogP) is 3.63. The van der Waals surface area contributed by atoms with Gasteiger partial charge in [0, 0.05) is 50.4 Å². The van der Waals surface area contributed by atoms with Crippen LogP contribution in [0.5, 0.6) is 5.75 Å². The van der Waals surface area contributed by atoms with Crippen LogP contribution >= 0.6 is 0 Å². The van der Waals surface area contributed by atoms with Gasteiger partial charge in [0.2, 0.25) is 5.91 Å². The summed E-state index contributed by atoms with van der Waals surface area (Å²) in [6.45, 7) is 9.16. The summed E-state index contributed by atoms with van der Waals surface area (Å²) >= 11 is 0. The number of nitrogens with zero attached hydrogens (tertiary/aromatic N) is 5. The molecular weight excluding hydrogens is 426 g/mol. The van der Waals surface area contributed by atoms with Gasteiger partial charge in [-0.2, -0.15) is 0 Å². The molecule has 0 aliphatic carbocycles. The largest absolute Gasteiger partial charge is 0.497 e. The number of anilines is 1. The number of carbonyl (C=O) groups is 1. The lowest BCUT2D eigenvalue weighted by molar-refractivity contribution is -0.137. The van der Waals surface area contributed by atoms with Crippen LogP contribution < -0.4 is 9.64 Å². The standard InChI is InChI=1S/C27H35N5O2/c1-3-32-25-10-5-4-9-24(25)28-26(32)20-29-13-11-21(12-14-29)27(33)31-17-15-30(16-18-31)22-7-6-8-23(19-22)34-2/h4-10,19,21H,3,11-18,20H2,1-2H3. The maximum atomic E-state index is 13.2. The molecule has 0 N–H and O–H groups in total. The summed E-state index contributed by atoms with van der Waals surface area (Å²) in [5.74, 6) is 2.48. The average Bonchev–Trinajstić information content (AvgIpc) is 3.25. The van der Waals surface area contributed by atoms with E-state index in [1.807, 2.05) is 18.2 Å². The molecule has 0 saturated carbocycles. The molecule has 2 aliphatic rings. The second kappa shape index (κ2) is 10.1. The Balaban J connectivity index is 1.13. The minimum Gasteiger partial charge on any atom is -0.497 e. The van der Waals surface area contributed by atoms with Crippen molar-refractivity contribution in [2.75, 3.05) is 51.3 Å². The molecule has 1 amide bonds. The summed E-state index contributed by atoms with van der Waals surface area (Å²) in [6.07, 6.45) is 1.86. The van der Waals surface area contributed by atoms with Gasteiger partial charge < -0.3 is 19.1 Å². The number of methoxy groups -OCH3 is 1. The van der Waals surface area contributed by atoms with Gasteiger partial charge in [-0.05, 0) is 57.1 Å². The van der Waals surface area contributed by atoms with E-state index < -0.39 is 0 Å². The number of imidazole rings is 1. The first-order valence-electron chi connectivity index (χ1n) is 12.5. The Morgan fingerprint density at radius 3 is 2.50 bits per heavy atom. The number of ether oxygens (including phenoxy) is 1. The lowest BCUT2D eigenvalue weighted by Gasteiger charge is -2.39. The van der Waals surface area contributed by atoms with Gasteiger partial charge in [0.25, 0.3) is 0 Å². The Labute approximate surface area is 201 Å². The number of aromatic nitrogens is 2. The van der Waals surface area contributed by atoms with Crippen molar-refractivity contribution in [2.24, 2.45) is 5.92 Å². The third-order valence-corrected chi connectivity index (χ3v) is 7.36. The lowest BCUT2D eigenvalue weighted by atomic mass is 9.95. The second-order valence-electron chi connectivity index (χ2n) is 9.33. The minimum absolute atomic E-state index is 0.143. The molecule has 0 radical (unpaired) electrons. The lowest BCUT2D eigenvalue weighted by Crippen LogP contribution is -2.51. The van der Waals surface area contributed by atoms with Crippen molar-refractivity contribution in [1.82, 2.24) is 19.4 Å². The summed E-state index contributed by atoms with van der Waals surface area (Å²) in [5.41, 5.74) is 3.44. The number of aryl methyl sites for hydroxylation is 1. The molecule has 7 heteroatoms. The van der Waals surface area contributed by atoms with Crippen molar-refractivity contribution >= 4 is 22.6 Å². The maximum Gasteiger partial charge on any atom is 0.225 e. The number of piperazine rings is 1. The van der Waals surface area contributed by atoms with E-state index in [2.05, 4.69) is 56.5 Å². The van der Waals surface area contributed by atoms with Gasteiger partial charge in [-0.1, -0.05) is 18.2 Å². The number of amides is 1. The smallest absolute Gasteiger partial charge is 0.225 e. The van der Waals surface area contributed by atoms with E-state index in [1.54, 1.807) is 7.11 Å². The summed E-state index contributed by atoms with van der Waals surface area (Å²) in [6, 6.07) is 16.5. The zero-order chi connectivity index (χ0) is 23.5. The first-order chi connectivity index (χ1) is 16.7. The highest BCUT2D eigenvalue weighted by Gasteiger charge is 2.31. The molecule has 2 aliphatic heterocycles. The number of fused-ring (bicyclic) bond motifs is 1. The number of benzene rings is 2. The van der Waals surface area contributed by atoms with Crippen LogP contribution in [0.4, 0.5) is 5.69 Å². The Kier molecular flexibility index (Phi) is 6.72. The highest BCUT2D eigenvalue weighted by atomic mass is 16.5. The van der Waals surface area contributed by atoms with Gasteiger partial charge in [-0.3, -0.25) is 9.69 Å². The second-order valence-corrected chi connectivity index (χ2v) is 9.33. The number of rotatable bonds is 6. The van der Waals surface area contributed by atoms with E-state index in [4.69, 9.17) is 9.72 Å². The first kappa shape index (κ1) is 22.7. The summed E-state index contributed by atoms with van der Waals surface area (Å²) in [7, 11) is 1.70. The number of piperidine rings is 1. The molecule has 7 nitrogen and oxygen atoms in total. The van der Waals surface area contributed by atoms with Gasteiger partial charge >= 0.3 is 0 Å². The monoisotopic (exact) mass is 461 g/mol. The molecule has 0 spiro atoms. The fourth-order valence-corrected chi connectivity index (χ4v) is 5.39. The molecule has 2 saturated heterocycles. The molecule has 1 aromatic heterocycles. The van der Waals surface area contributed by atoms with E-state index in [0.717, 1.165) is 88.0 Å². The molecule has 180 valence electrons. The molecule has 0 atom stereocenters. The molecule has 0 unspecified atom stereocenters. The number of para-hydroxylation sites is 2. The fourth-order valence-electron chi connectivity index (χ4n) is 5.39. The number of carbonyl (C=O) groups excluding carboxylic acids is 1. The first-order valence-corrected chi connectivity index (χ1v) is 12.5.